The van der Waals surface area contributed by atoms with Gasteiger partial charge in [0.05, 0.1) is 0 Å². The molecule has 1 aliphatic rings. The molecule has 0 radical (unpaired) electrons. The normalized spacial score (nSPS) is 14.5. The largest absolute Gasteiger partial charge is 0.302 e. The zero-order valence-corrected chi connectivity index (χ0v) is 48.1. The molecule has 12 aromatic rings. The van der Waals surface area contributed by atoms with Gasteiger partial charge >= 0.3 is 0 Å². The molecule has 0 aliphatic carbocycles. The van der Waals surface area contributed by atoms with Crippen LogP contribution in [0.4, 0.5) is 0 Å². The predicted molar refractivity (Wildman–Crippen MR) is 352 cm³/mol. The first kappa shape index (κ1) is 52.5. The molecule has 1 nitrogen and oxygen atoms in total. The van der Waals surface area contributed by atoms with Gasteiger partial charge in [-0.2, -0.15) is 0 Å². The van der Waals surface area contributed by atoms with Crippen molar-refractivity contribution in [3.8, 4) is 11.1 Å². The second-order valence-corrected chi connectivity index (χ2v) is 29.3. The third-order valence-corrected chi connectivity index (χ3v) is 25.6. The van der Waals surface area contributed by atoms with Crippen LogP contribution in [0.2, 0.25) is 0 Å². The van der Waals surface area contributed by atoms with Crippen molar-refractivity contribution in [2.75, 3.05) is 19.8 Å². The summed E-state index contributed by atoms with van der Waals surface area (Å²) in [6.45, 7) is 1.17. The standard InChI is InChI=1S/C44H32P2.C30H31NP2/c1-5-19-35(20-6-1)45(36-21-7-2-8-22-36)41-31-29-33-17-13-15-27-39(33)43(41)44-40-28-16-14-18-34(40)30-32-42(44)46(37-23-9-3-10-24-37)38-25-11-4-12-26-38;1-31-23-30(33(28-18-10-4-11-19-28)29-20-12-5-13-21-29)22-25(31)24-32(26-14-6-2-7-15-26)27-16-8-3-9-17-27/h1-32H;2-21,25,30H,22-24H2,1H3/t;25-,30-/m.0/s1. The fraction of sp³-hybridized carbons (Fsp3) is 0.0811. The van der Waals surface area contributed by atoms with E-state index >= 15 is 0 Å². The minimum atomic E-state index is -0.852. The molecule has 0 spiro atoms. The minimum Gasteiger partial charge on any atom is -0.302 e. The lowest BCUT2D eigenvalue weighted by atomic mass is 9.93. The van der Waals surface area contributed by atoms with E-state index < -0.39 is 15.8 Å². The van der Waals surface area contributed by atoms with Crippen LogP contribution in [0.15, 0.2) is 315 Å². The minimum absolute atomic E-state index is 0.370. The molecular weight excluding hydrogens is 1030 g/mol. The van der Waals surface area contributed by atoms with Gasteiger partial charge < -0.3 is 4.90 Å². The highest BCUT2D eigenvalue weighted by Gasteiger charge is 2.37. The Hall–Kier alpha value is -7.16. The number of rotatable bonds is 14. The lowest BCUT2D eigenvalue weighted by Crippen LogP contribution is -2.31. The van der Waals surface area contributed by atoms with E-state index in [0.717, 1.165) is 0 Å². The smallest absolute Gasteiger partial charge is 0.0144 e. The molecular formula is C74H63NP4. The van der Waals surface area contributed by atoms with Gasteiger partial charge in [-0.3, -0.25) is 0 Å². The van der Waals surface area contributed by atoms with Gasteiger partial charge in [0.2, 0.25) is 0 Å². The molecule has 1 saturated heterocycles. The van der Waals surface area contributed by atoms with Crippen LogP contribution in [0.1, 0.15) is 6.42 Å². The highest BCUT2D eigenvalue weighted by molar-refractivity contribution is 7.81. The van der Waals surface area contributed by atoms with Crippen molar-refractivity contribution in [2.45, 2.75) is 18.1 Å². The van der Waals surface area contributed by atoms with E-state index in [-0.39, 0.29) is 15.8 Å². The molecule has 0 bridgehead atoms. The van der Waals surface area contributed by atoms with Crippen LogP contribution in [-0.4, -0.2) is 36.4 Å². The summed E-state index contributed by atoms with van der Waals surface area (Å²) < 4.78 is 0. The maximum atomic E-state index is 2.65. The molecule has 1 aliphatic heterocycles. The molecule has 13 rings (SSSR count). The summed E-state index contributed by atoms with van der Waals surface area (Å²) in [6, 6.07) is 117. The fourth-order valence-corrected chi connectivity index (χ4v) is 22.2. The summed E-state index contributed by atoms with van der Waals surface area (Å²) in [5.74, 6) is 0. The highest BCUT2D eigenvalue weighted by atomic mass is 31.1. The van der Waals surface area contributed by atoms with Crippen molar-refractivity contribution in [3.63, 3.8) is 0 Å². The molecule has 79 heavy (non-hydrogen) atoms. The number of fused-ring (bicyclic) bond motifs is 2. The van der Waals surface area contributed by atoms with Crippen molar-refractivity contribution in [2.24, 2.45) is 0 Å². The summed E-state index contributed by atoms with van der Waals surface area (Å²) >= 11 is 0. The van der Waals surface area contributed by atoms with Crippen LogP contribution in [0.3, 0.4) is 0 Å². The third kappa shape index (κ3) is 11.8. The zero-order valence-electron chi connectivity index (χ0n) is 44.5. The van der Waals surface area contributed by atoms with Gasteiger partial charge in [0.1, 0.15) is 0 Å². The summed E-state index contributed by atoms with van der Waals surface area (Å²) in [7, 11) is -0.102. The Bertz CT molecular complexity index is 3530. The maximum Gasteiger partial charge on any atom is 0.0144 e. The quantitative estimate of drug-likeness (QED) is 0.0981. The first-order valence-electron chi connectivity index (χ1n) is 27.5. The molecule has 384 valence electrons. The molecule has 2 atom stereocenters. The molecule has 1 fully saturated rings. The van der Waals surface area contributed by atoms with Gasteiger partial charge in [-0.1, -0.05) is 315 Å². The Morgan fingerprint density at radius 1 is 0.316 bits per heavy atom. The fourth-order valence-electron chi connectivity index (χ4n) is 11.6. The molecule has 0 amide bonds. The van der Waals surface area contributed by atoms with Gasteiger partial charge in [0, 0.05) is 18.2 Å². The van der Waals surface area contributed by atoms with Gasteiger partial charge in [-0.25, -0.2) is 0 Å². The summed E-state index contributed by atoms with van der Waals surface area (Å²) in [5, 5.41) is 19.3. The average Bonchev–Trinajstić information content (AvgIpc) is 4.04. The molecule has 0 aromatic heterocycles. The Labute approximate surface area is 472 Å². The van der Waals surface area contributed by atoms with E-state index in [0.29, 0.717) is 11.7 Å². The van der Waals surface area contributed by atoms with E-state index in [1.807, 2.05) is 0 Å². The van der Waals surface area contributed by atoms with Crippen LogP contribution in [-0.2, 0) is 0 Å². The van der Waals surface area contributed by atoms with Crippen LogP contribution in [0.25, 0.3) is 32.7 Å². The van der Waals surface area contributed by atoms with E-state index in [1.165, 1.54) is 105 Å². The molecule has 0 saturated carbocycles. The Kier molecular flexibility index (Phi) is 16.8. The van der Waals surface area contributed by atoms with Crippen LogP contribution < -0.4 is 53.0 Å². The zero-order chi connectivity index (χ0) is 53.2. The molecule has 1 heterocycles. The van der Waals surface area contributed by atoms with E-state index in [4.69, 9.17) is 0 Å². The Balaban J connectivity index is 0.000000167. The lowest BCUT2D eigenvalue weighted by Gasteiger charge is -2.28. The molecule has 0 unspecified atom stereocenters. The Morgan fingerprint density at radius 3 is 0.949 bits per heavy atom. The van der Waals surface area contributed by atoms with Crippen LogP contribution >= 0.6 is 31.7 Å². The topological polar surface area (TPSA) is 3.24 Å². The molecule has 12 aromatic carbocycles. The van der Waals surface area contributed by atoms with E-state index in [9.17, 15) is 0 Å². The van der Waals surface area contributed by atoms with Gasteiger partial charge in [0.15, 0.2) is 0 Å². The van der Waals surface area contributed by atoms with Crippen molar-refractivity contribution in [1.29, 1.82) is 0 Å². The number of nitrogens with zero attached hydrogens (tertiary/aromatic N) is 1. The number of likely N-dealkylation sites (tertiary alicyclic amines) is 1. The van der Waals surface area contributed by atoms with Crippen LogP contribution in [0, 0.1) is 0 Å². The van der Waals surface area contributed by atoms with Crippen molar-refractivity contribution in [1.82, 2.24) is 4.90 Å². The van der Waals surface area contributed by atoms with Crippen LogP contribution in [0.5, 0.6) is 0 Å². The summed E-state index contributed by atoms with van der Waals surface area (Å²) in [6.07, 6.45) is 2.49. The second kappa shape index (κ2) is 25.3. The first-order chi connectivity index (χ1) is 39.2. The van der Waals surface area contributed by atoms with E-state index in [1.54, 1.807) is 0 Å². The molecule has 0 N–H and O–H groups in total. The second-order valence-electron chi connectivity index (χ2n) is 20.2. The highest BCUT2D eigenvalue weighted by Crippen LogP contribution is 2.49. The van der Waals surface area contributed by atoms with Crippen molar-refractivity contribution in [3.05, 3.63) is 315 Å². The predicted octanol–water partition coefficient (Wildman–Crippen LogP) is 14.5. The van der Waals surface area contributed by atoms with Gasteiger partial charge in [-0.05, 0) is 137 Å². The number of benzene rings is 12. The van der Waals surface area contributed by atoms with Crippen molar-refractivity contribution >= 4 is 106 Å². The third-order valence-electron chi connectivity index (χ3n) is 15.2. The van der Waals surface area contributed by atoms with E-state index in [2.05, 4.69) is 327 Å². The van der Waals surface area contributed by atoms with Gasteiger partial charge in [0.25, 0.3) is 0 Å². The number of hydrogen-bond donors (Lipinski definition) is 0. The summed E-state index contributed by atoms with van der Waals surface area (Å²) in [4.78, 5) is 2.65. The van der Waals surface area contributed by atoms with Crippen molar-refractivity contribution < 1.29 is 0 Å². The average molecular weight is 1090 g/mol. The monoisotopic (exact) mass is 1090 g/mol. The lowest BCUT2D eigenvalue weighted by molar-refractivity contribution is 0.334. The molecule has 5 heteroatoms. The Morgan fingerprint density at radius 2 is 0.608 bits per heavy atom. The van der Waals surface area contributed by atoms with Gasteiger partial charge in [-0.15, -0.1) is 0 Å². The maximum absolute atomic E-state index is 2.65. The SMILES string of the molecule is CN1C[C@@H](P(c2ccccc2)c2ccccc2)C[C@H]1CP(c1ccccc1)c1ccccc1.c1ccc(P(c2ccccc2)c2ccc3ccccc3c2-c2c(P(c3ccccc3)c3ccccc3)ccc3ccccc23)cc1. The number of hydrogen-bond acceptors (Lipinski definition) is 1. The summed E-state index contributed by atoms with van der Waals surface area (Å²) in [5.41, 5.74) is 3.38. The first-order valence-corrected chi connectivity index (χ1v) is 33.1.